The van der Waals surface area contributed by atoms with E-state index in [9.17, 15) is 18.4 Å². The fraction of sp³-hybridized carbons (Fsp3) is 0.450. The van der Waals surface area contributed by atoms with Gasteiger partial charge in [-0.3, -0.25) is 9.69 Å². The number of sulfonamides is 1. The van der Waals surface area contributed by atoms with Crippen molar-refractivity contribution in [1.29, 1.82) is 0 Å². The first-order valence-electron chi connectivity index (χ1n) is 27.5. The van der Waals surface area contributed by atoms with Crippen molar-refractivity contribution in [3.8, 4) is 23.1 Å². The molecule has 3 unspecified atom stereocenters. The molecular formula is C60H72FN8O8S-. The van der Waals surface area contributed by atoms with Crippen LogP contribution < -0.4 is 34.2 Å². The van der Waals surface area contributed by atoms with Gasteiger partial charge in [0.1, 0.15) is 33.7 Å². The van der Waals surface area contributed by atoms with Gasteiger partial charge < -0.3 is 44.1 Å². The van der Waals surface area contributed by atoms with Crippen molar-refractivity contribution in [2.75, 3.05) is 68.8 Å². The lowest BCUT2D eigenvalue weighted by molar-refractivity contribution is 0.0979. The number of furan rings is 1. The lowest BCUT2D eigenvalue weighted by Gasteiger charge is -2.47. The fourth-order valence-corrected chi connectivity index (χ4v) is 13.1. The summed E-state index contributed by atoms with van der Waals surface area (Å²) in [6, 6.07) is 23.3. The number of aromatic nitrogens is 3. The number of carbonyl (C=O) groups is 1. The second kappa shape index (κ2) is 23.2. The van der Waals surface area contributed by atoms with Gasteiger partial charge in [-0.1, -0.05) is 63.9 Å². The van der Waals surface area contributed by atoms with Gasteiger partial charge in [0.05, 0.1) is 30.4 Å². The van der Waals surface area contributed by atoms with Crippen LogP contribution in [-0.4, -0.2) is 93.7 Å². The van der Waals surface area contributed by atoms with Crippen LogP contribution in [0.15, 0.2) is 94.5 Å². The molecule has 3 fully saturated rings. The van der Waals surface area contributed by atoms with Crippen molar-refractivity contribution in [1.82, 2.24) is 24.6 Å². The molecule has 1 aliphatic heterocycles. The van der Waals surface area contributed by atoms with Crippen molar-refractivity contribution < 1.29 is 36.2 Å². The number of hydrogen-bond acceptors (Lipinski definition) is 14. The zero-order valence-corrected chi connectivity index (χ0v) is 46.6. The number of hydrogen-bond donors (Lipinski definition) is 3. The van der Waals surface area contributed by atoms with Crippen molar-refractivity contribution in [2.24, 2.45) is 17.8 Å². The third kappa shape index (κ3) is 11.6. The van der Waals surface area contributed by atoms with Crippen LogP contribution in [0.2, 0.25) is 0 Å². The number of aromatic amines is 1. The third-order valence-corrected chi connectivity index (χ3v) is 17.6. The number of pyridine rings is 2. The Hall–Kier alpha value is -6.89. The Morgan fingerprint density at radius 1 is 0.949 bits per heavy atom. The number of nitrogens with zero attached hydrogens (tertiary/aromatic N) is 5. The lowest BCUT2D eigenvalue weighted by Crippen LogP contribution is -2.53. The molecule has 3 aromatic carbocycles. The highest BCUT2D eigenvalue weighted by atomic mass is 32.2. The molecule has 16 nitrogen and oxygen atoms in total. The number of rotatable bonds is 18. The van der Waals surface area contributed by atoms with Crippen molar-refractivity contribution in [2.45, 2.75) is 109 Å². The predicted octanol–water partition coefficient (Wildman–Crippen LogP) is 12.1. The van der Waals surface area contributed by atoms with Gasteiger partial charge in [0.15, 0.2) is 17.1 Å². The molecule has 0 spiro atoms. The summed E-state index contributed by atoms with van der Waals surface area (Å²) in [6.45, 7) is 14.3. The van der Waals surface area contributed by atoms with Gasteiger partial charge >= 0.3 is 0 Å². The Kier molecular flexibility index (Phi) is 16.2. The third-order valence-electron chi connectivity index (χ3n) is 16.3. The number of hydroxylamine groups is 1. The van der Waals surface area contributed by atoms with E-state index in [4.69, 9.17) is 18.6 Å². The van der Waals surface area contributed by atoms with Crippen molar-refractivity contribution >= 4 is 55.1 Å². The highest BCUT2D eigenvalue weighted by Gasteiger charge is 2.38. The van der Waals surface area contributed by atoms with Gasteiger partial charge in [0.2, 0.25) is 0 Å². The molecule has 1 saturated heterocycles. The molecule has 18 heteroatoms. The standard InChI is InChI=1S/C60H72FN8O8S/c1-8-75-60-55(32-49-50(61)35-64-57(49)65-60)77-54-30-42(19-20-46(54)59(70)66-78(72,73)43-31-52(67(6)71)58(63-34-43)62-33-39-15-13-37(4)14-16-39)68-23-25-69(26-24-68)51-21-17-40(29-48(51)45-12-10-9-11-44(45)36(2)3)28-41-18-22-53(74-7)56-47(41)27-38(5)76-56/h9-12,18-20,22,27,30-32,34-37,39-40,48,51H,8,13-17,21,23-26,28-29,33H2,1-7H3,(H,62,63)(H,64,65)(H,66,70)/q-1. The first-order valence-corrected chi connectivity index (χ1v) is 29.0. The van der Waals surface area contributed by atoms with E-state index in [2.05, 4.69) is 92.0 Å². The van der Waals surface area contributed by atoms with Crippen LogP contribution in [-0.2, 0) is 16.4 Å². The summed E-state index contributed by atoms with van der Waals surface area (Å²) in [7, 11) is -1.64. The lowest BCUT2D eigenvalue weighted by atomic mass is 9.70. The average Bonchev–Trinajstić information content (AvgIpc) is 4.13. The molecular weight excluding hydrogens is 1010 g/mol. The van der Waals surface area contributed by atoms with Crippen LogP contribution in [0, 0.1) is 35.7 Å². The molecule has 10 rings (SSSR count). The quantitative estimate of drug-likeness (QED) is 0.0688. The van der Waals surface area contributed by atoms with Crippen LogP contribution in [0.1, 0.15) is 117 Å². The van der Waals surface area contributed by atoms with Crippen LogP contribution in [0.3, 0.4) is 0 Å². The number of methoxy groups -OCH3 is 1. The maximum atomic E-state index is 15.1. The number of halogens is 1. The largest absolute Gasteiger partial charge is 0.758 e. The zero-order chi connectivity index (χ0) is 54.8. The summed E-state index contributed by atoms with van der Waals surface area (Å²) in [6.07, 6.45) is 10.8. The number of nitrogens with one attached hydrogen (secondary N) is 3. The first-order chi connectivity index (χ1) is 37.6. The van der Waals surface area contributed by atoms with E-state index in [1.165, 1.54) is 48.1 Å². The van der Waals surface area contributed by atoms with Crippen LogP contribution >= 0.6 is 0 Å². The second-order valence-electron chi connectivity index (χ2n) is 21.9. The molecule has 78 heavy (non-hydrogen) atoms. The van der Waals surface area contributed by atoms with Crippen LogP contribution in [0.5, 0.6) is 23.1 Å². The van der Waals surface area contributed by atoms with E-state index >= 15 is 4.39 Å². The van der Waals surface area contributed by atoms with Crippen LogP contribution in [0.4, 0.5) is 21.6 Å². The number of H-pyrrole nitrogens is 1. The smallest absolute Gasteiger partial charge is 0.268 e. The molecule has 0 bridgehead atoms. The van der Waals surface area contributed by atoms with Gasteiger partial charge in [-0.15, -0.1) is 0 Å². The van der Waals surface area contributed by atoms with Gasteiger partial charge in [-0.05, 0) is 130 Å². The number of carbonyl (C=O) groups excluding carboxylic acids is 1. The van der Waals surface area contributed by atoms with E-state index < -0.39 is 21.7 Å². The Balaban J connectivity index is 0.904. The van der Waals surface area contributed by atoms with Gasteiger partial charge in [0.25, 0.3) is 21.8 Å². The molecule has 414 valence electrons. The van der Waals surface area contributed by atoms with E-state index in [0.717, 1.165) is 98.8 Å². The molecule has 3 N–H and O–H groups in total. The maximum Gasteiger partial charge on any atom is 0.268 e. The highest BCUT2D eigenvalue weighted by molar-refractivity contribution is 7.90. The topological polar surface area (TPSA) is 190 Å². The minimum Gasteiger partial charge on any atom is -0.758 e. The molecule has 7 aromatic rings. The Morgan fingerprint density at radius 3 is 2.46 bits per heavy atom. The minimum atomic E-state index is -4.59. The number of amides is 1. The van der Waals surface area contributed by atoms with Gasteiger partial charge in [0, 0.05) is 80.3 Å². The van der Waals surface area contributed by atoms with Gasteiger partial charge in [-0.25, -0.2) is 22.5 Å². The predicted molar refractivity (Wildman–Crippen MR) is 303 cm³/mol. The Morgan fingerprint density at radius 2 is 1.72 bits per heavy atom. The van der Waals surface area contributed by atoms with E-state index in [1.807, 2.05) is 13.0 Å². The fourth-order valence-electron chi connectivity index (χ4n) is 12.2. The molecule has 5 heterocycles. The highest BCUT2D eigenvalue weighted by Crippen LogP contribution is 2.45. The maximum absolute atomic E-state index is 15.1. The summed E-state index contributed by atoms with van der Waals surface area (Å²) in [5, 5.41) is 17.9. The number of anilines is 3. The number of ether oxygens (including phenoxy) is 3. The average molecular weight is 1080 g/mol. The van der Waals surface area contributed by atoms with Crippen LogP contribution in [0.25, 0.3) is 22.0 Å². The molecule has 3 atom stereocenters. The number of benzene rings is 3. The Labute approximate surface area is 456 Å². The summed E-state index contributed by atoms with van der Waals surface area (Å²) < 4.78 is 69.5. The Bertz CT molecular complexity index is 3380. The summed E-state index contributed by atoms with van der Waals surface area (Å²) in [5.74, 6) is 2.62. The normalized spacial score (nSPS) is 20.3. The molecule has 1 amide bonds. The monoisotopic (exact) mass is 1080 g/mol. The summed E-state index contributed by atoms with van der Waals surface area (Å²) >= 11 is 0. The van der Waals surface area contributed by atoms with Crippen molar-refractivity contribution in [3.63, 3.8) is 0 Å². The second-order valence-corrected chi connectivity index (χ2v) is 23.6. The summed E-state index contributed by atoms with van der Waals surface area (Å²) in [5.41, 5.74) is 5.78. The number of piperazine rings is 1. The minimum absolute atomic E-state index is 0.00108. The van der Waals surface area contributed by atoms with E-state index in [1.54, 1.807) is 26.2 Å². The molecule has 0 radical (unpaired) electrons. The number of aryl methyl sites for hydroxylation is 1. The number of fused-ring (bicyclic) bond motifs is 2. The van der Waals surface area contributed by atoms with Gasteiger partial charge in [-0.2, -0.15) is 4.98 Å². The van der Waals surface area contributed by atoms with E-state index in [-0.39, 0.29) is 57.0 Å². The van der Waals surface area contributed by atoms with Crippen molar-refractivity contribution in [3.05, 3.63) is 124 Å². The molecule has 2 saturated carbocycles. The first kappa shape index (κ1) is 54.5. The molecule has 4 aromatic heterocycles. The van der Waals surface area contributed by atoms with E-state index in [0.29, 0.717) is 60.3 Å². The molecule has 2 aliphatic carbocycles. The summed E-state index contributed by atoms with van der Waals surface area (Å²) in [4.78, 5) is 30.5. The zero-order valence-electron chi connectivity index (χ0n) is 45.7. The SMILES string of the molecule is CCOc1nc2[nH]cc(F)c2cc1Oc1cc(N2CCN(C3CCC(Cc4ccc(OC)c5oc(C)cc45)CC3c3ccccc3C(C)C)CC2)ccc1C(=O)NS(=O)(=O)c1cnc(NCC2CCC(C)CC2)c(N(C)[O-])c1. The molecule has 3 aliphatic rings.